The Morgan fingerprint density at radius 3 is 2.65 bits per heavy atom. The summed E-state index contributed by atoms with van der Waals surface area (Å²) in [4.78, 5) is 13.1. The monoisotopic (exact) mass is 386 g/mol. The molecule has 3 aromatic carbocycles. The molecule has 0 bridgehead atoms. The highest BCUT2D eigenvalue weighted by molar-refractivity contribution is 8.00. The number of hydrogen-bond donors (Lipinski definition) is 0. The van der Waals surface area contributed by atoms with Crippen molar-refractivity contribution in [2.75, 3.05) is 12.9 Å². The van der Waals surface area contributed by atoms with Crippen LogP contribution < -0.4 is 4.74 Å². The van der Waals surface area contributed by atoms with Crippen molar-refractivity contribution in [3.63, 3.8) is 0 Å². The molecule has 0 unspecified atom stereocenters. The Kier molecular flexibility index (Phi) is 6.07. The highest BCUT2D eigenvalue weighted by Gasteiger charge is 2.11. The molecule has 0 amide bonds. The van der Waals surface area contributed by atoms with Crippen molar-refractivity contribution in [2.45, 2.75) is 18.4 Å². The van der Waals surface area contributed by atoms with E-state index in [1.165, 1.54) is 11.8 Å². The van der Waals surface area contributed by atoms with E-state index >= 15 is 0 Å². The molecule has 26 heavy (non-hydrogen) atoms. The molecule has 0 fully saturated rings. The van der Waals surface area contributed by atoms with Gasteiger partial charge in [-0.05, 0) is 36.6 Å². The van der Waals surface area contributed by atoms with Gasteiger partial charge in [-0.3, -0.25) is 4.79 Å². The molecule has 0 saturated carbocycles. The van der Waals surface area contributed by atoms with E-state index in [1.807, 2.05) is 61.5 Å². The number of esters is 1. The maximum Gasteiger partial charge on any atom is 0.316 e. The van der Waals surface area contributed by atoms with Crippen molar-refractivity contribution < 1.29 is 14.3 Å². The van der Waals surface area contributed by atoms with E-state index in [0.717, 1.165) is 32.5 Å². The van der Waals surface area contributed by atoms with Crippen LogP contribution in [-0.4, -0.2) is 18.8 Å². The van der Waals surface area contributed by atoms with Crippen LogP contribution in [0.25, 0.3) is 10.8 Å². The lowest BCUT2D eigenvalue weighted by molar-refractivity contribution is -0.141. The smallest absolute Gasteiger partial charge is 0.316 e. The number of aryl methyl sites for hydroxylation is 1. The Labute approximate surface area is 162 Å². The summed E-state index contributed by atoms with van der Waals surface area (Å²) in [7, 11) is 1.61. The first-order valence-electron chi connectivity index (χ1n) is 8.17. The van der Waals surface area contributed by atoms with E-state index in [1.54, 1.807) is 7.11 Å². The number of rotatable bonds is 6. The number of hydrogen-bond acceptors (Lipinski definition) is 4. The molecule has 0 radical (unpaired) electrons. The molecule has 3 rings (SSSR count). The first-order valence-corrected chi connectivity index (χ1v) is 9.54. The molecule has 0 aromatic heterocycles. The zero-order valence-electron chi connectivity index (χ0n) is 14.6. The van der Waals surface area contributed by atoms with Gasteiger partial charge in [-0.15, -0.1) is 11.8 Å². The maximum atomic E-state index is 12.2. The number of fused-ring (bicyclic) bond motifs is 1. The van der Waals surface area contributed by atoms with E-state index in [0.29, 0.717) is 5.02 Å². The molecule has 0 aliphatic heterocycles. The fourth-order valence-corrected chi connectivity index (χ4v) is 3.98. The quantitative estimate of drug-likeness (QED) is 0.405. The Bertz CT molecular complexity index is 934. The standard InChI is InChI=1S/C21H19ClO3S/c1-14-9-10-18(24-2)16(11-14)12-25-20(23)13-26-19-8-4-6-15-5-3-7-17(22)21(15)19/h3-11H,12-13H2,1-2H3. The first kappa shape index (κ1) is 18.6. The Morgan fingerprint density at radius 2 is 1.88 bits per heavy atom. The maximum absolute atomic E-state index is 12.2. The molecule has 0 spiro atoms. The van der Waals surface area contributed by atoms with Gasteiger partial charge in [0.1, 0.15) is 12.4 Å². The molecule has 5 heteroatoms. The average molecular weight is 387 g/mol. The normalized spacial score (nSPS) is 10.7. The summed E-state index contributed by atoms with van der Waals surface area (Å²) in [5.74, 6) is 0.665. The van der Waals surface area contributed by atoms with Crippen LogP contribution in [0.2, 0.25) is 5.02 Å². The third kappa shape index (κ3) is 4.32. The van der Waals surface area contributed by atoms with Crippen LogP contribution in [0, 0.1) is 6.92 Å². The second-order valence-corrected chi connectivity index (χ2v) is 7.28. The molecule has 0 heterocycles. The zero-order chi connectivity index (χ0) is 18.5. The predicted octanol–water partition coefficient (Wildman–Crippen LogP) is 5.65. The third-order valence-electron chi connectivity index (χ3n) is 3.99. The van der Waals surface area contributed by atoms with Crippen LogP contribution in [0.1, 0.15) is 11.1 Å². The van der Waals surface area contributed by atoms with Gasteiger partial charge in [0.05, 0.1) is 12.9 Å². The molecule has 0 saturated heterocycles. The molecular formula is C21H19ClO3S. The minimum atomic E-state index is -0.275. The van der Waals surface area contributed by atoms with Crippen molar-refractivity contribution in [2.24, 2.45) is 0 Å². The minimum absolute atomic E-state index is 0.195. The van der Waals surface area contributed by atoms with E-state index in [4.69, 9.17) is 21.1 Å². The molecule has 3 aromatic rings. The summed E-state index contributed by atoms with van der Waals surface area (Å²) in [6.07, 6.45) is 0. The molecule has 0 aliphatic carbocycles. The number of ether oxygens (including phenoxy) is 2. The molecule has 134 valence electrons. The Hall–Kier alpha value is -2.17. The van der Waals surface area contributed by atoms with Crippen molar-refractivity contribution >= 4 is 40.1 Å². The van der Waals surface area contributed by atoms with Crippen molar-refractivity contribution in [3.05, 3.63) is 70.7 Å². The van der Waals surface area contributed by atoms with E-state index in [-0.39, 0.29) is 18.3 Å². The fraction of sp³-hybridized carbons (Fsp3) is 0.190. The van der Waals surface area contributed by atoms with Crippen LogP contribution in [0.3, 0.4) is 0 Å². The van der Waals surface area contributed by atoms with Gasteiger partial charge >= 0.3 is 5.97 Å². The zero-order valence-corrected chi connectivity index (χ0v) is 16.2. The van der Waals surface area contributed by atoms with Gasteiger partial charge in [0.15, 0.2) is 0 Å². The van der Waals surface area contributed by atoms with Crippen molar-refractivity contribution in [3.8, 4) is 5.75 Å². The largest absolute Gasteiger partial charge is 0.496 e. The molecule has 0 aliphatic rings. The summed E-state index contributed by atoms with van der Waals surface area (Å²) < 4.78 is 10.7. The van der Waals surface area contributed by atoms with Gasteiger partial charge in [-0.2, -0.15) is 0 Å². The SMILES string of the molecule is COc1ccc(C)cc1COC(=O)CSc1cccc2cccc(Cl)c12. The van der Waals surface area contributed by atoms with E-state index < -0.39 is 0 Å². The van der Waals surface area contributed by atoms with E-state index in [9.17, 15) is 4.79 Å². The first-order chi connectivity index (χ1) is 12.6. The summed E-state index contributed by atoms with van der Waals surface area (Å²) in [6.45, 7) is 2.19. The van der Waals surface area contributed by atoms with Gasteiger partial charge in [0, 0.05) is 20.9 Å². The Morgan fingerprint density at radius 1 is 1.12 bits per heavy atom. The highest BCUT2D eigenvalue weighted by Crippen LogP contribution is 2.33. The summed E-state index contributed by atoms with van der Waals surface area (Å²) >= 11 is 7.75. The van der Waals surface area contributed by atoms with Crippen LogP contribution in [-0.2, 0) is 16.1 Å². The number of carbonyl (C=O) groups excluding carboxylic acids is 1. The van der Waals surface area contributed by atoms with Crippen LogP contribution in [0.4, 0.5) is 0 Å². The fourth-order valence-electron chi connectivity index (χ4n) is 2.74. The topological polar surface area (TPSA) is 35.5 Å². The molecule has 3 nitrogen and oxygen atoms in total. The van der Waals surface area contributed by atoms with Gasteiger partial charge in [-0.25, -0.2) is 0 Å². The molecular weight excluding hydrogens is 368 g/mol. The second kappa shape index (κ2) is 8.47. The lowest BCUT2D eigenvalue weighted by Crippen LogP contribution is -2.08. The van der Waals surface area contributed by atoms with Gasteiger partial charge in [0.25, 0.3) is 0 Å². The Balaban J connectivity index is 1.64. The summed E-state index contributed by atoms with van der Waals surface area (Å²) in [5.41, 5.74) is 1.95. The molecule has 0 atom stereocenters. The van der Waals surface area contributed by atoms with Crippen LogP contribution >= 0.6 is 23.4 Å². The van der Waals surface area contributed by atoms with Gasteiger partial charge in [-0.1, -0.05) is 47.5 Å². The number of benzene rings is 3. The number of methoxy groups -OCH3 is 1. The van der Waals surface area contributed by atoms with Crippen LogP contribution in [0.5, 0.6) is 5.75 Å². The number of carbonyl (C=O) groups is 1. The van der Waals surface area contributed by atoms with E-state index in [2.05, 4.69) is 0 Å². The number of thioether (sulfide) groups is 1. The summed E-state index contributed by atoms with van der Waals surface area (Å²) in [6, 6.07) is 17.5. The molecule has 0 N–H and O–H groups in total. The van der Waals surface area contributed by atoms with Gasteiger partial charge < -0.3 is 9.47 Å². The van der Waals surface area contributed by atoms with Crippen LogP contribution in [0.15, 0.2) is 59.5 Å². The van der Waals surface area contributed by atoms with Crippen molar-refractivity contribution in [1.29, 1.82) is 0 Å². The van der Waals surface area contributed by atoms with Gasteiger partial charge in [0.2, 0.25) is 0 Å². The third-order valence-corrected chi connectivity index (χ3v) is 5.33. The summed E-state index contributed by atoms with van der Waals surface area (Å²) in [5, 5.41) is 2.71. The predicted molar refractivity (Wildman–Crippen MR) is 107 cm³/mol. The average Bonchev–Trinajstić information content (AvgIpc) is 2.65. The second-order valence-electron chi connectivity index (χ2n) is 5.86. The number of halogens is 1. The minimum Gasteiger partial charge on any atom is -0.496 e. The lowest BCUT2D eigenvalue weighted by atomic mass is 10.1. The highest BCUT2D eigenvalue weighted by atomic mass is 35.5. The lowest BCUT2D eigenvalue weighted by Gasteiger charge is -2.11. The van der Waals surface area contributed by atoms with Crippen molar-refractivity contribution in [1.82, 2.24) is 0 Å².